The van der Waals surface area contributed by atoms with Crippen LogP contribution in [0.3, 0.4) is 0 Å². The Bertz CT molecular complexity index is 561. The molecule has 2 nitrogen and oxygen atoms in total. The molecule has 0 saturated heterocycles. The number of hydrogen-bond donors (Lipinski definition) is 1. The van der Waals surface area contributed by atoms with Gasteiger partial charge in [-0.2, -0.15) is 0 Å². The molecule has 110 valence electrons. The van der Waals surface area contributed by atoms with E-state index in [1.165, 1.54) is 0 Å². The summed E-state index contributed by atoms with van der Waals surface area (Å²) < 4.78 is -1.78. The fourth-order valence-corrected chi connectivity index (χ4v) is 3.05. The molecule has 1 heterocycles. The lowest BCUT2D eigenvalue weighted by Gasteiger charge is -2.47. The number of fused-ring (bicyclic) bond motifs is 1. The van der Waals surface area contributed by atoms with Gasteiger partial charge in [0.2, 0.25) is 3.79 Å². The summed E-state index contributed by atoms with van der Waals surface area (Å²) in [6, 6.07) is 6.07. The Balaban J connectivity index is 2.64. The van der Waals surface area contributed by atoms with Crippen LogP contribution < -0.4 is 4.90 Å². The van der Waals surface area contributed by atoms with Crippen LogP contribution in [0.1, 0.15) is 31.9 Å². The van der Waals surface area contributed by atoms with Gasteiger partial charge in [0.15, 0.2) is 6.23 Å². The Hall–Kier alpha value is -0.410. The number of aliphatic hydroxyl groups excluding tert-OH is 1. The van der Waals surface area contributed by atoms with E-state index >= 15 is 0 Å². The van der Waals surface area contributed by atoms with Crippen LogP contribution in [-0.4, -0.2) is 20.7 Å². The minimum Gasteiger partial charge on any atom is -0.369 e. The number of halogens is 3. The highest BCUT2D eigenvalue weighted by Gasteiger charge is 2.44. The molecule has 5 heteroatoms. The zero-order valence-corrected chi connectivity index (χ0v) is 14.2. The van der Waals surface area contributed by atoms with Gasteiger partial charge in [0, 0.05) is 11.3 Å². The van der Waals surface area contributed by atoms with Gasteiger partial charge in [-0.25, -0.2) is 0 Å². The summed E-state index contributed by atoms with van der Waals surface area (Å²) in [4.78, 5) is 1.76. The summed E-state index contributed by atoms with van der Waals surface area (Å²) in [6.45, 7) is 8.03. The number of aryl methyl sites for hydroxylation is 1. The molecule has 1 aliphatic rings. The average Bonchev–Trinajstić information content (AvgIpc) is 2.25. The molecule has 0 unspecified atom stereocenters. The Kier molecular flexibility index (Phi) is 4.07. The van der Waals surface area contributed by atoms with Crippen LogP contribution in [0.25, 0.3) is 5.57 Å². The van der Waals surface area contributed by atoms with Crippen molar-refractivity contribution >= 4 is 46.1 Å². The van der Waals surface area contributed by atoms with E-state index in [1.54, 1.807) is 4.90 Å². The lowest BCUT2D eigenvalue weighted by Crippen LogP contribution is -2.55. The Labute approximate surface area is 134 Å². The van der Waals surface area contributed by atoms with Gasteiger partial charge in [-0.05, 0) is 44.9 Å². The predicted octanol–water partition coefficient (Wildman–Crippen LogP) is 4.69. The Morgan fingerprint density at radius 3 is 2.35 bits per heavy atom. The molecule has 0 bridgehead atoms. The first-order chi connectivity index (χ1) is 9.04. The normalized spacial score (nSPS) is 19.4. The van der Waals surface area contributed by atoms with E-state index in [0.29, 0.717) is 0 Å². The van der Waals surface area contributed by atoms with E-state index in [2.05, 4.69) is 13.0 Å². The highest BCUT2D eigenvalue weighted by atomic mass is 35.6. The third-order valence-corrected chi connectivity index (χ3v) is 4.15. The summed E-state index contributed by atoms with van der Waals surface area (Å²) in [7, 11) is 0. The van der Waals surface area contributed by atoms with Crippen molar-refractivity contribution in [1.29, 1.82) is 0 Å². The van der Waals surface area contributed by atoms with E-state index < -0.39 is 15.6 Å². The molecule has 0 saturated carbocycles. The number of benzene rings is 1. The van der Waals surface area contributed by atoms with E-state index in [9.17, 15) is 5.11 Å². The number of hydrogen-bond acceptors (Lipinski definition) is 2. The van der Waals surface area contributed by atoms with Crippen molar-refractivity contribution in [3.05, 3.63) is 35.4 Å². The van der Waals surface area contributed by atoms with Crippen LogP contribution in [0.2, 0.25) is 0 Å². The summed E-state index contributed by atoms with van der Waals surface area (Å²) in [5.41, 5.74) is 3.72. The molecule has 0 fully saturated rings. The second-order valence-electron chi connectivity index (χ2n) is 5.79. The smallest absolute Gasteiger partial charge is 0.234 e. The first kappa shape index (κ1) is 16.0. The van der Waals surface area contributed by atoms with Crippen LogP contribution in [0.15, 0.2) is 24.3 Å². The third kappa shape index (κ3) is 2.80. The van der Waals surface area contributed by atoms with Gasteiger partial charge in [-0.3, -0.25) is 0 Å². The second-order valence-corrected chi connectivity index (χ2v) is 8.16. The number of nitrogens with zero attached hydrogens (tertiary/aromatic N) is 1. The fraction of sp³-hybridized carbons (Fsp3) is 0.467. The maximum atomic E-state index is 10.5. The zero-order valence-electron chi connectivity index (χ0n) is 11.9. The number of allylic oxidation sites excluding steroid dienone is 1. The third-order valence-electron chi connectivity index (χ3n) is 3.57. The highest BCUT2D eigenvalue weighted by molar-refractivity contribution is 6.68. The molecule has 1 aromatic rings. The van der Waals surface area contributed by atoms with Crippen LogP contribution in [0.4, 0.5) is 5.69 Å². The van der Waals surface area contributed by atoms with E-state index in [0.717, 1.165) is 22.4 Å². The number of aliphatic hydroxyl groups is 1. The van der Waals surface area contributed by atoms with Crippen molar-refractivity contribution in [2.24, 2.45) is 0 Å². The molecule has 0 aliphatic carbocycles. The lowest BCUT2D eigenvalue weighted by atomic mass is 9.88. The Morgan fingerprint density at radius 2 is 1.80 bits per heavy atom. The first-order valence-electron chi connectivity index (χ1n) is 6.38. The molecule has 1 aliphatic heterocycles. The van der Waals surface area contributed by atoms with Crippen LogP contribution in [-0.2, 0) is 0 Å². The van der Waals surface area contributed by atoms with Gasteiger partial charge in [-0.1, -0.05) is 53.0 Å². The summed E-state index contributed by atoms with van der Waals surface area (Å²) in [5, 5.41) is 10.5. The molecule has 1 atom stereocenters. The van der Waals surface area contributed by atoms with Gasteiger partial charge < -0.3 is 10.0 Å². The van der Waals surface area contributed by atoms with Crippen LogP contribution in [0, 0.1) is 6.92 Å². The molecular formula is C15H18Cl3NO. The summed E-state index contributed by atoms with van der Waals surface area (Å²) in [6.07, 6.45) is 0.844. The van der Waals surface area contributed by atoms with Gasteiger partial charge in [0.05, 0.1) is 5.54 Å². The molecule has 0 radical (unpaired) electrons. The molecule has 0 aromatic heterocycles. The zero-order chi connectivity index (χ0) is 15.3. The molecular weight excluding hydrogens is 317 g/mol. The molecule has 20 heavy (non-hydrogen) atoms. The molecule has 2 rings (SSSR count). The van der Waals surface area contributed by atoms with Gasteiger partial charge in [0.1, 0.15) is 0 Å². The molecule has 0 amide bonds. The number of anilines is 1. The van der Waals surface area contributed by atoms with Crippen LogP contribution in [0.5, 0.6) is 0 Å². The van der Waals surface area contributed by atoms with Gasteiger partial charge >= 0.3 is 0 Å². The summed E-state index contributed by atoms with van der Waals surface area (Å²) in [5.74, 6) is 0. The topological polar surface area (TPSA) is 23.5 Å². The fourth-order valence-electron chi connectivity index (χ4n) is 2.76. The Morgan fingerprint density at radius 1 is 1.20 bits per heavy atom. The molecule has 0 spiro atoms. The second kappa shape index (κ2) is 5.10. The average molecular weight is 335 g/mol. The predicted molar refractivity (Wildman–Crippen MR) is 87.7 cm³/mol. The molecule has 1 aromatic carbocycles. The number of rotatable bonds is 1. The van der Waals surface area contributed by atoms with Crippen molar-refractivity contribution in [3.63, 3.8) is 0 Å². The SMILES string of the molecule is CC1=CC(C)(C)N([C@@H](O)C(Cl)(Cl)Cl)c2cc(C)ccc21. The minimum atomic E-state index is -1.78. The lowest BCUT2D eigenvalue weighted by molar-refractivity contribution is 0.154. The van der Waals surface area contributed by atoms with Crippen molar-refractivity contribution < 1.29 is 5.11 Å². The number of alkyl halides is 3. The first-order valence-corrected chi connectivity index (χ1v) is 7.52. The maximum Gasteiger partial charge on any atom is 0.234 e. The van der Waals surface area contributed by atoms with Crippen molar-refractivity contribution in [1.82, 2.24) is 0 Å². The maximum absolute atomic E-state index is 10.5. The standard InChI is InChI=1S/C15H18Cl3NO/c1-9-5-6-11-10(2)8-14(3,4)19(12(11)7-9)13(20)15(16,17)18/h5-8,13,20H,1-4H3/t13-/m0/s1. The van der Waals surface area contributed by atoms with E-state index in [4.69, 9.17) is 34.8 Å². The van der Waals surface area contributed by atoms with Gasteiger partial charge in [0.25, 0.3) is 0 Å². The van der Waals surface area contributed by atoms with Crippen molar-refractivity contribution in [2.75, 3.05) is 4.90 Å². The van der Waals surface area contributed by atoms with Crippen molar-refractivity contribution in [3.8, 4) is 0 Å². The largest absolute Gasteiger partial charge is 0.369 e. The minimum absolute atomic E-state index is 0.450. The quantitative estimate of drug-likeness (QED) is 0.753. The highest BCUT2D eigenvalue weighted by Crippen LogP contribution is 2.44. The van der Waals surface area contributed by atoms with E-state index in [-0.39, 0.29) is 0 Å². The van der Waals surface area contributed by atoms with Gasteiger partial charge in [-0.15, -0.1) is 0 Å². The summed E-state index contributed by atoms with van der Waals surface area (Å²) >= 11 is 17.7. The van der Waals surface area contributed by atoms with Crippen LogP contribution >= 0.6 is 34.8 Å². The molecule has 1 N–H and O–H groups in total. The van der Waals surface area contributed by atoms with Crippen molar-refractivity contribution in [2.45, 2.75) is 43.3 Å². The van der Waals surface area contributed by atoms with E-state index in [1.807, 2.05) is 39.0 Å². The monoisotopic (exact) mass is 333 g/mol.